The van der Waals surface area contributed by atoms with E-state index in [-0.39, 0.29) is 0 Å². The van der Waals surface area contributed by atoms with Crippen molar-refractivity contribution in [2.24, 2.45) is 4.99 Å². The molecule has 92 valence electrons. The predicted molar refractivity (Wildman–Crippen MR) is 73.5 cm³/mol. The number of unbranched alkanes of at least 4 members (excludes halogenated alkanes) is 1. The van der Waals surface area contributed by atoms with Gasteiger partial charge in [-0.15, -0.1) is 0 Å². The van der Waals surface area contributed by atoms with Crippen molar-refractivity contribution in [2.75, 3.05) is 24.8 Å². The minimum atomic E-state index is 0.836. The summed E-state index contributed by atoms with van der Waals surface area (Å²) in [6, 6.07) is 8.61. The third-order valence-corrected chi connectivity index (χ3v) is 3.05. The van der Waals surface area contributed by atoms with Crippen LogP contribution in [0.3, 0.4) is 0 Å². The van der Waals surface area contributed by atoms with Crippen molar-refractivity contribution < 1.29 is 0 Å². The van der Waals surface area contributed by atoms with Crippen LogP contribution in [0.2, 0.25) is 0 Å². The number of aliphatic imine (C=N–C) groups is 1. The van der Waals surface area contributed by atoms with Gasteiger partial charge in [0.15, 0.2) is 0 Å². The van der Waals surface area contributed by atoms with Gasteiger partial charge in [0, 0.05) is 12.2 Å². The molecule has 0 aliphatic carbocycles. The van der Waals surface area contributed by atoms with Crippen molar-refractivity contribution >= 4 is 12.0 Å². The Labute approximate surface area is 104 Å². The number of benzene rings is 1. The van der Waals surface area contributed by atoms with Crippen molar-refractivity contribution in [3.8, 4) is 0 Å². The third kappa shape index (κ3) is 3.30. The normalized spacial score (nSPS) is 16.5. The fourth-order valence-corrected chi connectivity index (χ4v) is 1.95. The summed E-state index contributed by atoms with van der Waals surface area (Å²) in [5, 5.41) is 0. The molecule has 0 N–H and O–H groups in total. The summed E-state index contributed by atoms with van der Waals surface area (Å²) in [6.07, 6.45) is 4.44. The van der Waals surface area contributed by atoms with E-state index < -0.39 is 0 Å². The van der Waals surface area contributed by atoms with E-state index in [2.05, 4.69) is 52.9 Å². The molecular weight excluding hydrogens is 210 g/mol. The molecule has 1 aliphatic rings. The van der Waals surface area contributed by atoms with Crippen molar-refractivity contribution in [1.82, 2.24) is 4.90 Å². The summed E-state index contributed by atoms with van der Waals surface area (Å²) in [5.41, 5.74) is 2.52. The molecule has 0 amide bonds. The average Bonchev–Trinajstić information content (AvgIpc) is 2.37. The van der Waals surface area contributed by atoms with Crippen LogP contribution >= 0.6 is 0 Å². The van der Waals surface area contributed by atoms with Crippen LogP contribution < -0.4 is 4.90 Å². The van der Waals surface area contributed by atoms with E-state index in [1.807, 2.05) is 6.34 Å². The van der Waals surface area contributed by atoms with Gasteiger partial charge in [-0.05, 0) is 25.5 Å². The maximum Gasteiger partial charge on any atom is 0.0941 e. The Morgan fingerprint density at radius 2 is 2.00 bits per heavy atom. The van der Waals surface area contributed by atoms with E-state index in [1.54, 1.807) is 0 Å². The number of hydrogen-bond donors (Lipinski definition) is 0. The van der Waals surface area contributed by atoms with Gasteiger partial charge < -0.3 is 4.90 Å². The molecule has 1 heterocycles. The minimum absolute atomic E-state index is 0.836. The molecule has 1 aliphatic heterocycles. The topological polar surface area (TPSA) is 18.8 Å². The van der Waals surface area contributed by atoms with Gasteiger partial charge in [0.1, 0.15) is 0 Å². The summed E-state index contributed by atoms with van der Waals surface area (Å²) >= 11 is 0. The van der Waals surface area contributed by atoms with E-state index in [4.69, 9.17) is 0 Å². The molecule has 2 rings (SSSR count). The average molecular weight is 231 g/mol. The summed E-state index contributed by atoms with van der Waals surface area (Å²) in [7, 11) is 0. The molecule has 0 bridgehead atoms. The maximum absolute atomic E-state index is 4.42. The second-order valence-corrected chi connectivity index (χ2v) is 4.63. The van der Waals surface area contributed by atoms with Gasteiger partial charge in [0.05, 0.1) is 19.7 Å². The van der Waals surface area contributed by atoms with Gasteiger partial charge in [-0.25, -0.2) is 0 Å². The van der Waals surface area contributed by atoms with E-state index in [0.29, 0.717) is 0 Å². The lowest BCUT2D eigenvalue weighted by molar-refractivity contribution is 0.279. The van der Waals surface area contributed by atoms with E-state index in [1.165, 1.54) is 24.1 Å². The lowest BCUT2D eigenvalue weighted by Gasteiger charge is -2.31. The first kappa shape index (κ1) is 12.1. The van der Waals surface area contributed by atoms with Crippen molar-refractivity contribution in [1.29, 1.82) is 0 Å². The largest absolute Gasteiger partial charge is 0.319 e. The van der Waals surface area contributed by atoms with Crippen LogP contribution in [0.25, 0.3) is 0 Å². The minimum Gasteiger partial charge on any atom is -0.319 e. The van der Waals surface area contributed by atoms with Crippen LogP contribution in [0.4, 0.5) is 5.69 Å². The summed E-state index contributed by atoms with van der Waals surface area (Å²) in [5.74, 6) is 0. The van der Waals surface area contributed by atoms with Crippen molar-refractivity contribution in [3.05, 3.63) is 29.8 Å². The van der Waals surface area contributed by atoms with Gasteiger partial charge in [0.25, 0.3) is 0 Å². The number of aryl methyl sites for hydroxylation is 1. The van der Waals surface area contributed by atoms with E-state index in [9.17, 15) is 0 Å². The van der Waals surface area contributed by atoms with Crippen LogP contribution in [0.5, 0.6) is 0 Å². The smallest absolute Gasteiger partial charge is 0.0941 e. The van der Waals surface area contributed by atoms with Crippen LogP contribution in [0.1, 0.15) is 25.3 Å². The Morgan fingerprint density at radius 3 is 2.71 bits per heavy atom. The molecule has 3 heteroatoms. The Bertz CT molecular complexity index is 370. The molecule has 1 aromatic carbocycles. The number of hydrogen-bond acceptors (Lipinski definition) is 3. The molecule has 0 unspecified atom stereocenters. The molecule has 0 saturated heterocycles. The van der Waals surface area contributed by atoms with Crippen LogP contribution in [0, 0.1) is 6.92 Å². The molecule has 0 saturated carbocycles. The Hall–Kier alpha value is -1.35. The molecule has 0 radical (unpaired) electrons. The molecule has 0 atom stereocenters. The fraction of sp³-hybridized carbons (Fsp3) is 0.500. The highest BCUT2D eigenvalue weighted by atomic mass is 15.4. The van der Waals surface area contributed by atoms with E-state index in [0.717, 1.165) is 19.9 Å². The zero-order valence-corrected chi connectivity index (χ0v) is 10.8. The van der Waals surface area contributed by atoms with Crippen molar-refractivity contribution in [3.63, 3.8) is 0 Å². The van der Waals surface area contributed by atoms with E-state index >= 15 is 0 Å². The van der Waals surface area contributed by atoms with Gasteiger partial charge in [-0.2, -0.15) is 0 Å². The monoisotopic (exact) mass is 231 g/mol. The van der Waals surface area contributed by atoms with Gasteiger partial charge in [-0.1, -0.05) is 31.0 Å². The maximum atomic E-state index is 4.42. The second kappa shape index (κ2) is 5.82. The molecule has 1 aromatic rings. The highest BCUT2D eigenvalue weighted by molar-refractivity contribution is 5.79. The number of anilines is 1. The number of nitrogens with zero attached hydrogens (tertiary/aromatic N) is 3. The molecule has 3 nitrogen and oxygen atoms in total. The second-order valence-electron chi connectivity index (χ2n) is 4.63. The molecule has 17 heavy (non-hydrogen) atoms. The number of rotatable bonds is 4. The molecule has 0 aromatic heterocycles. The summed E-state index contributed by atoms with van der Waals surface area (Å²) in [6.45, 7) is 7.26. The highest BCUT2D eigenvalue weighted by Crippen LogP contribution is 2.16. The van der Waals surface area contributed by atoms with Gasteiger partial charge >= 0.3 is 0 Å². The Kier molecular flexibility index (Phi) is 4.15. The quantitative estimate of drug-likeness (QED) is 0.793. The Morgan fingerprint density at radius 1 is 1.24 bits per heavy atom. The lowest BCUT2D eigenvalue weighted by atomic mass is 10.2. The third-order valence-electron chi connectivity index (χ3n) is 3.05. The van der Waals surface area contributed by atoms with Gasteiger partial charge in [0.2, 0.25) is 0 Å². The summed E-state index contributed by atoms with van der Waals surface area (Å²) < 4.78 is 0. The fourth-order valence-electron chi connectivity index (χ4n) is 1.95. The first-order chi connectivity index (χ1) is 8.29. The van der Waals surface area contributed by atoms with Gasteiger partial charge in [-0.3, -0.25) is 9.89 Å². The SMILES string of the molecule is CCCCN1CN=CN(c2ccc(C)cc2)C1. The molecule has 0 spiro atoms. The predicted octanol–water partition coefficient (Wildman–Crippen LogP) is 2.86. The Balaban J connectivity index is 1.99. The first-order valence-electron chi connectivity index (χ1n) is 6.35. The standard InChI is InChI=1S/C14H21N3/c1-3-4-9-16-10-15-11-17(12-16)14-7-5-13(2)6-8-14/h5-8,11H,3-4,9-10,12H2,1-2H3. The molecular formula is C14H21N3. The van der Waals surface area contributed by atoms with Crippen LogP contribution in [-0.4, -0.2) is 31.1 Å². The van der Waals surface area contributed by atoms with Crippen LogP contribution in [0.15, 0.2) is 29.3 Å². The zero-order valence-electron chi connectivity index (χ0n) is 10.8. The zero-order chi connectivity index (χ0) is 12.1. The van der Waals surface area contributed by atoms with Crippen molar-refractivity contribution in [2.45, 2.75) is 26.7 Å². The lowest BCUT2D eigenvalue weighted by Crippen LogP contribution is -2.41. The first-order valence-corrected chi connectivity index (χ1v) is 6.35. The highest BCUT2D eigenvalue weighted by Gasteiger charge is 2.13. The summed E-state index contributed by atoms with van der Waals surface area (Å²) in [4.78, 5) is 9.00. The van der Waals surface area contributed by atoms with Crippen LogP contribution in [-0.2, 0) is 0 Å². The molecule has 0 fully saturated rings.